The first-order chi connectivity index (χ1) is 14.2. The molecular formula is C23H23N3O3. The van der Waals surface area contributed by atoms with Crippen molar-refractivity contribution >= 4 is 16.9 Å². The summed E-state index contributed by atoms with van der Waals surface area (Å²) in [6.07, 6.45) is 7.73. The molecule has 0 aliphatic carbocycles. The third kappa shape index (κ3) is 4.01. The summed E-state index contributed by atoms with van der Waals surface area (Å²) in [5.41, 5.74) is 4.01. The molecule has 4 rings (SSSR count). The van der Waals surface area contributed by atoms with Crippen LogP contribution in [0.2, 0.25) is 0 Å². The zero-order valence-corrected chi connectivity index (χ0v) is 16.5. The SMILES string of the molecule is CCOC(=O)c1ccc(Cn2cc(Cn3ccnc3)c3cc(OC)ccc32)cc1. The third-order valence-corrected chi connectivity index (χ3v) is 4.90. The number of hydrogen-bond acceptors (Lipinski definition) is 4. The van der Waals surface area contributed by atoms with E-state index in [1.54, 1.807) is 20.2 Å². The van der Waals surface area contributed by atoms with Crippen molar-refractivity contribution in [2.45, 2.75) is 20.0 Å². The summed E-state index contributed by atoms with van der Waals surface area (Å²) in [4.78, 5) is 16.0. The molecule has 29 heavy (non-hydrogen) atoms. The number of ether oxygens (including phenoxy) is 2. The molecule has 2 aromatic carbocycles. The summed E-state index contributed by atoms with van der Waals surface area (Å²) in [6, 6.07) is 13.7. The Morgan fingerprint density at radius 3 is 2.62 bits per heavy atom. The van der Waals surface area contributed by atoms with Gasteiger partial charge in [0.15, 0.2) is 0 Å². The smallest absolute Gasteiger partial charge is 0.338 e. The van der Waals surface area contributed by atoms with Crippen molar-refractivity contribution < 1.29 is 14.3 Å². The van der Waals surface area contributed by atoms with Crippen molar-refractivity contribution in [3.05, 3.63) is 84.1 Å². The van der Waals surface area contributed by atoms with Gasteiger partial charge in [-0.25, -0.2) is 9.78 Å². The van der Waals surface area contributed by atoms with Crippen molar-refractivity contribution in [1.29, 1.82) is 0 Å². The second-order valence-corrected chi connectivity index (χ2v) is 6.82. The van der Waals surface area contributed by atoms with Gasteiger partial charge in [-0.2, -0.15) is 0 Å². The van der Waals surface area contributed by atoms with Gasteiger partial charge >= 0.3 is 5.97 Å². The molecule has 0 radical (unpaired) electrons. The highest BCUT2D eigenvalue weighted by atomic mass is 16.5. The molecular weight excluding hydrogens is 366 g/mol. The topological polar surface area (TPSA) is 58.3 Å². The summed E-state index contributed by atoms with van der Waals surface area (Å²) in [5.74, 6) is 0.543. The minimum Gasteiger partial charge on any atom is -0.497 e. The molecule has 0 saturated carbocycles. The highest BCUT2D eigenvalue weighted by Gasteiger charge is 2.12. The van der Waals surface area contributed by atoms with E-state index in [2.05, 4.69) is 27.9 Å². The number of imidazole rings is 1. The number of rotatable bonds is 7. The lowest BCUT2D eigenvalue weighted by Gasteiger charge is -2.07. The van der Waals surface area contributed by atoms with Gasteiger partial charge < -0.3 is 18.6 Å². The van der Waals surface area contributed by atoms with Crippen molar-refractivity contribution in [1.82, 2.24) is 14.1 Å². The van der Waals surface area contributed by atoms with Crippen molar-refractivity contribution in [3.63, 3.8) is 0 Å². The summed E-state index contributed by atoms with van der Waals surface area (Å²) in [5, 5.41) is 1.15. The van der Waals surface area contributed by atoms with Crippen LogP contribution in [0.3, 0.4) is 0 Å². The molecule has 0 N–H and O–H groups in total. The van der Waals surface area contributed by atoms with E-state index in [-0.39, 0.29) is 5.97 Å². The Labute approximate surface area is 169 Å². The molecule has 6 nitrogen and oxygen atoms in total. The summed E-state index contributed by atoms with van der Waals surface area (Å²) in [7, 11) is 1.68. The fraction of sp³-hybridized carbons (Fsp3) is 0.217. The van der Waals surface area contributed by atoms with Crippen LogP contribution in [0.1, 0.15) is 28.4 Å². The fourth-order valence-corrected chi connectivity index (χ4v) is 3.47. The van der Waals surface area contributed by atoms with Crippen LogP contribution in [-0.2, 0) is 17.8 Å². The molecule has 0 amide bonds. The predicted molar refractivity (Wildman–Crippen MR) is 111 cm³/mol. The lowest BCUT2D eigenvalue weighted by Crippen LogP contribution is -2.05. The monoisotopic (exact) mass is 389 g/mol. The lowest BCUT2D eigenvalue weighted by molar-refractivity contribution is 0.0526. The van der Waals surface area contributed by atoms with Crippen LogP contribution in [0.4, 0.5) is 0 Å². The van der Waals surface area contributed by atoms with Crippen LogP contribution < -0.4 is 4.74 Å². The average Bonchev–Trinajstić information content (AvgIpc) is 3.37. The van der Waals surface area contributed by atoms with E-state index in [9.17, 15) is 4.79 Å². The number of methoxy groups -OCH3 is 1. The molecule has 2 heterocycles. The molecule has 0 bridgehead atoms. The van der Waals surface area contributed by atoms with Gasteiger partial charge in [0.2, 0.25) is 0 Å². The Hall–Kier alpha value is -3.54. The van der Waals surface area contributed by atoms with E-state index in [4.69, 9.17) is 9.47 Å². The van der Waals surface area contributed by atoms with Crippen LogP contribution >= 0.6 is 0 Å². The molecule has 6 heteroatoms. The quantitative estimate of drug-likeness (QED) is 0.446. The molecule has 0 aliphatic rings. The second-order valence-electron chi connectivity index (χ2n) is 6.82. The van der Waals surface area contributed by atoms with E-state index in [1.165, 1.54) is 5.56 Å². The van der Waals surface area contributed by atoms with Crippen LogP contribution in [0.5, 0.6) is 5.75 Å². The number of esters is 1. The van der Waals surface area contributed by atoms with Gasteiger partial charge in [-0.05, 0) is 48.4 Å². The number of nitrogens with zero attached hydrogens (tertiary/aromatic N) is 3. The van der Waals surface area contributed by atoms with E-state index in [0.29, 0.717) is 18.7 Å². The Kier molecular flexibility index (Phi) is 5.33. The van der Waals surface area contributed by atoms with Crippen LogP contribution in [-0.4, -0.2) is 33.8 Å². The van der Waals surface area contributed by atoms with Gasteiger partial charge in [0.1, 0.15) is 5.75 Å². The Morgan fingerprint density at radius 2 is 1.93 bits per heavy atom. The third-order valence-electron chi connectivity index (χ3n) is 4.90. The van der Waals surface area contributed by atoms with E-state index < -0.39 is 0 Å². The lowest BCUT2D eigenvalue weighted by atomic mass is 10.1. The summed E-state index contributed by atoms with van der Waals surface area (Å²) >= 11 is 0. The molecule has 0 spiro atoms. The standard InChI is InChI=1S/C23H23N3O3/c1-3-29-23(27)18-6-4-17(5-7-18)13-26-15-19(14-25-11-10-24-16-25)21-12-20(28-2)8-9-22(21)26/h4-12,15-16H,3,13-14H2,1-2H3. The predicted octanol–water partition coefficient (Wildman–Crippen LogP) is 4.12. The second kappa shape index (κ2) is 8.22. The first kappa shape index (κ1) is 18.8. The fourth-order valence-electron chi connectivity index (χ4n) is 3.47. The van der Waals surface area contributed by atoms with Gasteiger partial charge in [0.05, 0.1) is 32.2 Å². The van der Waals surface area contributed by atoms with Crippen LogP contribution in [0.15, 0.2) is 67.4 Å². The normalized spacial score (nSPS) is 11.0. The largest absolute Gasteiger partial charge is 0.497 e. The minimum absolute atomic E-state index is 0.292. The Balaban J connectivity index is 1.65. The number of hydrogen-bond donors (Lipinski definition) is 0. The highest BCUT2D eigenvalue weighted by Crippen LogP contribution is 2.27. The summed E-state index contributed by atoms with van der Waals surface area (Å²) < 4.78 is 14.7. The van der Waals surface area contributed by atoms with Crippen molar-refractivity contribution in [2.75, 3.05) is 13.7 Å². The summed E-state index contributed by atoms with van der Waals surface area (Å²) in [6.45, 7) is 3.62. The van der Waals surface area contributed by atoms with E-state index >= 15 is 0 Å². The maximum absolute atomic E-state index is 11.9. The first-order valence-electron chi connectivity index (χ1n) is 9.55. The first-order valence-corrected chi connectivity index (χ1v) is 9.55. The Bertz CT molecular complexity index is 1110. The van der Waals surface area contributed by atoms with E-state index in [1.807, 2.05) is 47.4 Å². The van der Waals surface area contributed by atoms with Crippen LogP contribution in [0.25, 0.3) is 10.9 Å². The molecule has 0 atom stereocenters. The van der Waals surface area contributed by atoms with Crippen LogP contribution in [0, 0.1) is 0 Å². The molecule has 2 aromatic heterocycles. The molecule has 0 unspecified atom stereocenters. The molecule has 0 saturated heterocycles. The van der Waals surface area contributed by atoms with Gasteiger partial charge in [-0.1, -0.05) is 12.1 Å². The highest BCUT2D eigenvalue weighted by molar-refractivity contribution is 5.89. The van der Waals surface area contributed by atoms with Crippen molar-refractivity contribution in [3.8, 4) is 5.75 Å². The zero-order valence-electron chi connectivity index (χ0n) is 16.5. The number of benzene rings is 2. The number of fused-ring (bicyclic) bond motifs is 1. The van der Waals surface area contributed by atoms with Crippen molar-refractivity contribution in [2.24, 2.45) is 0 Å². The van der Waals surface area contributed by atoms with E-state index in [0.717, 1.165) is 28.8 Å². The van der Waals surface area contributed by atoms with Gasteiger partial charge in [-0.3, -0.25) is 0 Å². The Morgan fingerprint density at radius 1 is 1.10 bits per heavy atom. The number of carbonyl (C=O) groups is 1. The zero-order chi connectivity index (χ0) is 20.2. The number of carbonyl (C=O) groups excluding carboxylic acids is 1. The van der Waals surface area contributed by atoms with Gasteiger partial charge in [0.25, 0.3) is 0 Å². The maximum atomic E-state index is 11.9. The maximum Gasteiger partial charge on any atom is 0.338 e. The molecule has 4 aromatic rings. The average molecular weight is 389 g/mol. The van der Waals surface area contributed by atoms with Gasteiger partial charge in [0, 0.05) is 36.0 Å². The molecule has 148 valence electrons. The van der Waals surface area contributed by atoms with Gasteiger partial charge in [-0.15, -0.1) is 0 Å². The number of aromatic nitrogens is 3. The molecule has 0 fully saturated rings. The minimum atomic E-state index is -0.292. The molecule has 0 aliphatic heterocycles.